The number of anilines is 3. The number of carbonyl (C=O) groups excluding carboxylic acids is 1. The van der Waals surface area contributed by atoms with E-state index in [1.807, 2.05) is 45.0 Å². The number of aromatic nitrogens is 1. The molecule has 0 amide bonds. The molecule has 2 N–H and O–H groups in total. The van der Waals surface area contributed by atoms with Gasteiger partial charge in [-0.15, -0.1) is 0 Å². The molecule has 2 aromatic rings. The Hall–Kier alpha value is -3.44. The van der Waals surface area contributed by atoms with E-state index in [9.17, 15) is 10.1 Å². The molecule has 190 valence electrons. The Kier molecular flexibility index (Phi) is 7.90. The number of benzene rings is 1. The second kappa shape index (κ2) is 11.1. The normalized spacial score (nSPS) is 19.6. The van der Waals surface area contributed by atoms with Gasteiger partial charge in [0.2, 0.25) is 0 Å². The lowest BCUT2D eigenvalue weighted by Gasteiger charge is -2.40. The molecule has 4 rings (SSSR count). The van der Waals surface area contributed by atoms with Crippen LogP contribution in [0.1, 0.15) is 55.2 Å². The van der Waals surface area contributed by atoms with E-state index in [2.05, 4.69) is 26.2 Å². The van der Waals surface area contributed by atoms with Gasteiger partial charge in [0.1, 0.15) is 5.82 Å². The molecule has 2 aliphatic heterocycles. The Morgan fingerprint density at radius 3 is 2.81 bits per heavy atom. The van der Waals surface area contributed by atoms with Crippen LogP contribution in [0.2, 0.25) is 0 Å². The van der Waals surface area contributed by atoms with Gasteiger partial charge in [0.25, 0.3) is 0 Å². The third kappa shape index (κ3) is 5.36. The molecule has 0 bridgehead atoms. The summed E-state index contributed by atoms with van der Waals surface area (Å²) in [7, 11) is 0. The van der Waals surface area contributed by atoms with Crippen molar-refractivity contribution >= 4 is 28.9 Å². The van der Waals surface area contributed by atoms with E-state index in [0.717, 1.165) is 55.0 Å². The molecule has 2 fully saturated rings. The van der Waals surface area contributed by atoms with Crippen LogP contribution in [-0.4, -0.2) is 60.4 Å². The van der Waals surface area contributed by atoms with Crippen molar-refractivity contribution in [3.05, 3.63) is 47.2 Å². The number of carbonyl (C=O) groups is 1. The van der Waals surface area contributed by atoms with Crippen molar-refractivity contribution < 1.29 is 9.53 Å². The number of hydrogen-bond donors (Lipinski definition) is 2. The van der Waals surface area contributed by atoms with Crippen LogP contribution in [-0.2, 0) is 4.74 Å². The van der Waals surface area contributed by atoms with Gasteiger partial charge in [0, 0.05) is 30.5 Å². The number of pyridine rings is 1. The van der Waals surface area contributed by atoms with Crippen LogP contribution >= 0.6 is 0 Å². The van der Waals surface area contributed by atoms with Gasteiger partial charge in [-0.05, 0) is 68.8 Å². The fourth-order valence-corrected chi connectivity index (χ4v) is 5.38. The van der Waals surface area contributed by atoms with E-state index in [0.29, 0.717) is 30.0 Å². The van der Waals surface area contributed by atoms with Crippen LogP contribution in [0.5, 0.6) is 0 Å². The van der Waals surface area contributed by atoms with Crippen LogP contribution < -0.4 is 10.2 Å². The van der Waals surface area contributed by atoms with Crippen molar-refractivity contribution in [3.63, 3.8) is 0 Å². The average molecular weight is 489 g/mol. The lowest BCUT2D eigenvalue weighted by molar-refractivity contribution is 0.0519. The standard InChI is InChI=1S/C28H36N6O2/c1-5-36-28(35)22-16-24(34-13-10-23-20(17-34)9-12-33(23)14-11-29)25(26(30)18(2)3)27(32-22)31-21-8-6-7-19(4)15-21/h6-8,15-16,18,20,23,30H,5,9-10,12-14,17H2,1-4H3,(H,31,32). The molecule has 2 saturated heterocycles. The van der Waals surface area contributed by atoms with Crippen LogP contribution in [0.25, 0.3) is 0 Å². The van der Waals surface area contributed by atoms with Gasteiger partial charge in [0.05, 0.1) is 30.5 Å². The number of nitrogens with zero attached hydrogens (tertiary/aromatic N) is 4. The molecule has 8 heteroatoms. The number of likely N-dealkylation sites (tertiary alicyclic amines) is 1. The van der Waals surface area contributed by atoms with Crippen molar-refractivity contribution in [2.45, 2.75) is 46.6 Å². The summed E-state index contributed by atoms with van der Waals surface area (Å²) in [5, 5.41) is 21.6. The second-order valence-corrected chi connectivity index (χ2v) is 10.0. The second-order valence-electron chi connectivity index (χ2n) is 10.0. The zero-order valence-corrected chi connectivity index (χ0v) is 21.7. The molecule has 0 spiro atoms. The minimum atomic E-state index is -0.468. The highest BCUT2D eigenvalue weighted by Crippen LogP contribution is 2.38. The van der Waals surface area contributed by atoms with Gasteiger partial charge in [-0.1, -0.05) is 26.0 Å². The van der Waals surface area contributed by atoms with Gasteiger partial charge in [0.15, 0.2) is 5.69 Å². The zero-order valence-electron chi connectivity index (χ0n) is 21.7. The molecule has 36 heavy (non-hydrogen) atoms. The quantitative estimate of drug-likeness (QED) is 0.314. The van der Waals surface area contributed by atoms with Crippen LogP contribution in [0.3, 0.4) is 0 Å². The summed E-state index contributed by atoms with van der Waals surface area (Å²) < 4.78 is 5.31. The topological polar surface area (TPSA) is 105 Å². The first-order chi connectivity index (χ1) is 17.3. The molecular formula is C28H36N6O2. The molecule has 1 aromatic heterocycles. The summed E-state index contributed by atoms with van der Waals surface area (Å²) in [6, 6.07) is 12.5. The minimum absolute atomic E-state index is 0.0211. The van der Waals surface area contributed by atoms with E-state index in [1.165, 1.54) is 0 Å². The maximum atomic E-state index is 12.8. The Morgan fingerprint density at radius 2 is 2.11 bits per heavy atom. The third-order valence-electron chi connectivity index (χ3n) is 7.18. The number of nitrogens with one attached hydrogen (secondary N) is 2. The SMILES string of the molecule is CCOC(=O)c1cc(N2CCC3C(CCN3CC#N)C2)c(C(=N)C(C)C)c(Nc2cccc(C)c2)n1. The Bertz CT molecular complexity index is 1170. The molecule has 0 aliphatic carbocycles. The summed E-state index contributed by atoms with van der Waals surface area (Å²) in [6.45, 7) is 11.1. The molecule has 2 aliphatic rings. The number of rotatable bonds is 8. The lowest BCUT2D eigenvalue weighted by Crippen LogP contribution is -2.46. The van der Waals surface area contributed by atoms with E-state index in [4.69, 9.17) is 10.1 Å². The number of ether oxygens (including phenoxy) is 1. The predicted octanol–water partition coefficient (Wildman–Crippen LogP) is 4.76. The van der Waals surface area contributed by atoms with Gasteiger partial charge < -0.3 is 20.4 Å². The Labute approximate surface area is 213 Å². The highest BCUT2D eigenvalue weighted by atomic mass is 16.5. The summed E-state index contributed by atoms with van der Waals surface area (Å²) in [5.41, 5.74) is 4.25. The molecule has 1 aromatic carbocycles. The molecule has 3 heterocycles. The first kappa shape index (κ1) is 25.6. The summed E-state index contributed by atoms with van der Waals surface area (Å²) in [5.74, 6) is 0.455. The largest absolute Gasteiger partial charge is 0.461 e. The number of nitriles is 1. The molecule has 2 atom stereocenters. The van der Waals surface area contributed by atoms with Crippen molar-refractivity contribution in [1.29, 1.82) is 10.7 Å². The number of piperidine rings is 1. The first-order valence-corrected chi connectivity index (χ1v) is 12.8. The fourth-order valence-electron chi connectivity index (χ4n) is 5.38. The van der Waals surface area contributed by atoms with Crippen molar-refractivity contribution in [2.24, 2.45) is 11.8 Å². The van der Waals surface area contributed by atoms with Gasteiger partial charge in [-0.25, -0.2) is 9.78 Å². The fraction of sp³-hybridized carbons (Fsp3) is 0.500. The van der Waals surface area contributed by atoms with Crippen LogP contribution in [0, 0.1) is 35.5 Å². The number of aryl methyl sites for hydroxylation is 1. The molecule has 0 saturated carbocycles. The summed E-state index contributed by atoms with van der Waals surface area (Å²) in [6.07, 6.45) is 1.99. The van der Waals surface area contributed by atoms with E-state index < -0.39 is 5.97 Å². The number of hydrogen-bond acceptors (Lipinski definition) is 8. The zero-order chi connectivity index (χ0) is 25.8. The van der Waals surface area contributed by atoms with Crippen LogP contribution in [0.15, 0.2) is 30.3 Å². The smallest absolute Gasteiger partial charge is 0.357 e. The lowest BCUT2D eigenvalue weighted by atomic mass is 9.90. The van der Waals surface area contributed by atoms with Gasteiger partial charge >= 0.3 is 5.97 Å². The summed E-state index contributed by atoms with van der Waals surface area (Å²) >= 11 is 0. The highest BCUT2D eigenvalue weighted by molar-refractivity contribution is 6.09. The average Bonchev–Trinajstić information content (AvgIpc) is 3.25. The van der Waals surface area contributed by atoms with Gasteiger partial charge in [-0.3, -0.25) is 4.90 Å². The third-order valence-corrected chi connectivity index (χ3v) is 7.18. The predicted molar refractivity (Wildman–Crippen MR) is 142 cm³/mol. The highest BCUT2D eigenvalue weighted by Gasteiger charge is 2.39. The van der Waals surface area contributed by atoms with Crippen molar-refractivity contribution in [3.8, 4) is 6.07 Å². The number of esters is 1. The van der Waals surface area contributed by atoms with Crippen LogP contribution in [0.4, 0.5) is 17.2 Å². The van der Waals surface area contributed by atoms with E-state index >= 15 is 0 Å². The summed E-state index contributed by atoms with van der Waals surface area (Å²) in [4.78, 5) is 22.1. The Morgan fingerprint density at radius 1 is 1.31 bits per heavy atom. The first-order valence-electron chi connectivity index (χ1n) is 12.8. The minimum Gasteiger partial charge on any atom is -0.461 e. The van der Waals surface area contributed by atoms with Gasteiger partial charge in [-0.2, -0.15) is 5.26 Å². The number of fused-ring (bicyclic) bond motifs is 1. The van der Waals surface area contributed by atoms with E-state index in [-0.39, 0.29) is 18.2 Å². The monoisotopic (exact) mass is 488 g/mol. The molecular weight excluding hydrogens is 452 g/mol. The maximum absolute atomic E-state index is 12.8. The Balaban J connectivity index is 1.78. The molecule has 8 nitrogen and oxygen atoms in total. The van der Waals surface area contributed by atoms with Crippen molar-refractivity contribution in [1.82, 2.24) is 9.88 Å². The molecule has 2 unspecified atom stereocenters. The van der Waals surface area contributed by atoms with Crippen molar-refractivity contribution in [2.75, 3.05) is 43.0 Å². The molecule has 0 radical (unpaired) electrons. The maximum Gasteiger partial charge on any atom is 0.357 e. The van der Waals surface area contributed by atoms with E-state index in [1.54, 1.807) is 13.0 Å².